The van der Waals surface area contributed by atoms with Crippen molar-refractivity contribution in [2.75, 3.05) is 13.7 Å². The van der Waals surface area contributed by atoms with Crippen LogP contribution in [0, 0.1) is 0 Å². The van der Waals surface area contributed by atoms with E-state index in [1.165, 1.54) is 13.2 Å². The number of hydrogen-bond donors (Lipinski definition) is 1. The Bertz CT molecular complexity index is 1300. The van der Waals surface area contributed by atoms with Gasteiger partial charge in [0.1, 0.15) is 12.1 Å². The van der Waals surface area contributed by atoms with E-state index < -0.39 is 12.8 Å². The highest BCUT2D eigenvalue weighted by Gasteiger charge is 2.29. The van der Waals surface area contributed by atoms with Gasteiger partial charge in [-0.3, -0.25) is 9.36 Å². The van der Waals surface area contributed by atoms with Crippen LogP contribution in [0.25, 0.3) is 16.9 Å². The molecule has 1 amide bonds. The number of fused-ring (bicyclic) bond motifs is 1. The van der Waals surface area contributed by atoms with Crippen molar-refractivity contribution in [2.45, 2.75) is 25.6 Å². The van der Waals surface area contributed by atoms with Gasteiger partial charge in [0.05, 0.1) is 18.1 Å². The maximum atomic E-state index is 12.4. The third-order valence-electron chi connectivity index (χ3n) is 5.26. The summed E-state index contributed by atoms with van der Waals surface area (Å²) in [6, 6.07) is 16.1. The summed E-state index contributed by atoms with van der Waals surface area (Å²) in [6.45, 7) is -1.08. The number of aryl methyl sites for hydroxylation is 1. The molecule has 0 aliphatic carbocycles. The second kappa shape index (κ2) is 10.5. The Morgan fingerprint density at radius 1 is 1.03 bits per heavy atom. The number of alkyl halides is 3. The maximum absolute atomic E-state index is 12.4. The maximum Gasteiger partial charge on any atom is 0.422 e. The summed E-state index contributed by atoms with van der Waals surface area (Å²) in [5, 5.41) is 2.85. The number of halogens is 3. The SMILES string of the molecule is COc1cc(CCC(=O)NCc2ccc(-n3cnc4ccccc43)nc2)ccc1OCC(F)(F)F. The number of aromatic nitrogens is 3. The fourth-order valence-electron chi connectivity index (χ4n) is 3.50. The highest BCUT2D eigenvalue weighted by Crippen LogP contribution is 2.30. The highest BCUT2D eigenvalue weighted by atomic mass is 19.4. The van der Waals surface area contributed by atoms with Crippen LogP contribution in [0.1, 0.15) is 17.5 Å². The van der Waals surface area contributed by atoms with E-state index in [2.05, 4.69) is 15.3 Å². The molecule has 35 heavy (non-hydrogen) atoms. The topological polar surface area (TPSA) is 78.3 Å². The number of rotatable bonds is 9. The second-order valence-corrected chi connectivity index (χ2v) is 7.79. The lowest BCUT2D eigenvalue weighted by atomic mass is 10.1. The molecule has 182 valence electrons. The zero-order valence-electron chi connectivity index (χ0n) is 18.9. The first kappa shape index (κ1) is 24.1. The molecule has 0 unspecified atom stereocenters. The fourth-order valence-corrected chi connectivity index (χ4v) is 3.50. The van der Waals surface area contributed by atoms with Gasteiger partial charge < -0.3 is 14.8 Å². The van der Waals surface area contributed by atoms with Gasteiger partial charge in [0.2, 0.25) is 5.91 Å². The molecule has 0 atom stereocenters. The lowest BCUT2D eigenvalue weighted by molar-refractivity contribution is -0.153. The lowest BCUT2D eigenvalue weighted by Crippen LogP contribution is -2.23. The van der Waals surface area contributed by atoms with Gasteiger partial charge in [0.15, 0.2) is 18.1 Å². The number of ether oxygens (including phenoxy) is 2. The van der Waals surface area contributed by atoms with Crippen LogP contribution < -0.4 is 14.8 Å². The third kappa shape index (κ3) is 6.28. The molecule has 0 aliphatic rings. The average molecular weight is 484 g/mol. The van der Waals surface area contributed by atoms with E-state index in [1.807, 2.05) is 41.0 Å². The van der Waals surface area contributed by atoms with E-state index in [9.17, 15) is 18.0 Å². The number of para-hydroxylation sites is 2. The van der Waals surface area contributed by atoms with Crippen molar-refractivity contribution in [1.29, 1.82) is 0 Å². The standard InChI is InChI=1S/C25H23F3N4O3/c1-34-22-12-17(6-9-21(22)35-15-25(26,27)28)8-11-24(33)30-14-18-7-10-23(29-13-18)32-16-31-19-4-2-3-5-20(19)32/h2-7,9-10,12-13,16H,8,11,14-15H2,1H3,(H,30,33). The van der Waals surface area contributed by atoms with Crippen molar-refractivity contribution in [3.63, 3.8) is 0 Å². The Kier molecular flexibility index (Phi) is 7.19. The third-order valence-corrected chi connectivity index (χ3v) is 5.26. The first-order valence-electron chi connectivity index (χ1n) is 10.8. The summed E-state index contributed by atoms with van der Waals surface area (Å²) >= 11 is 0. The lowest BCUT2D eigenvalue weighted by Gasteiger charge is -2.13. The van der Waals surface area contributed by atoms with Gasteiger partial charge in [-0.15, -0.1) is 0 Å². The molecule has 2 aromatic carbocycles. The van der Waals surface area contributed by atoms with Crippen LogP contribution in [-0.2, 0) is 17.8 Å². The van der Waals surface area contributed by atoms with Gasteiger partial charge in [-0.05, 0) is 47.9 Å². The zero-order chi connectivity index (χ0) is 24.8. The summed E-state index contributed by atoms with van der Waals surface area (Å²) < 4.78 is 48.9. The summed E-state index contributed by atoms with van der Waals surface area (Å²) in [5.74, 6) is 0.748. The second-order valence-electron chi connectivity index (χ2n) is 7.79. The quantitative estimate of drug-likeness (QED) is 0.375. The van der Waals surface area contributed by atoms with Crippen LogP contribution in [-0.4, -0.2) is 40.3 Å². The smallest absolute Gasteiger partial charge is 0.422 e. The minimum Gasteiger partial charge on any atom is -0.493 e. The molecule has 2 heterocycles. The van der Waals surface area contributed by atoms with Gasteiger partial charge in [-0.25, -0.2) is 9.97 Å². The van der Waals surface area contributed by atoms with Crippen LogP contribution in [0.3, 0.4) is 0 Å². The minimum absolute atomic E-state index is 0.00216. The van der Waals surface area contributed by atoms with Crippen molar-refractivity contribution < 1.29 is 27.4 Å². The molecule has 10 heteroatoms. The number of benzene rings is 2. The molecule has 0 fully saturated rings. The van der Waals surface area contributed by atoms with E-state index >= 15 is 0 Å². The molecule has 0 bridgehead atoms. The molecule has 0 saturated heterocycles. The first-order chi connectivity index (χ1) is 16.8. The number of amides is 1. The molecular weight excluding hydrogens is 461 g/mol. The number of nitrogens with zero attached hydrogens (tertiary/aromatic N) is 3. The Labute approximate surface area is 199 Å². The van der Waals surface area contributed by atoms with Crippen molar-refractivity contribution in [3.8, 4) is 17.3 Å². The van der Waals surface area contributed by atoms with Gasteiger partial charge in [-0.1, -0.05) is 24.3 Å². The van der Waals surface area contributed by atoms with Crippen molar-refractivity contribution in [3.05, 3.63) is 78.2 Å². The normalized spacial score (nSPS) is 11.4. The molecule has 0 spiro atoms. The number of hydrogen-bond acceptors (Lipinski definition) is 5. The van der Waals surface area contributed by atoms with Crippen molar-refractivity contribution in [1.82, 2.24) is 19.9 Å². The largest absolute Gasteiger partial charge is 0.493 e. The zero-order valence-corrected chi connectivity index (χ0v) is 18.9. The fraction of sp³-hybridized carbons (Fsp3) is 0.240. The van der Waals surface area contributed by atoms with E-state index in [-0.39, 0.29) is 23.8 Å². The van der Waals surface area contributed by atoms with Crippen molar-refractivity contribution >= 4 is 16.9 Å². The van der Waals surface area contributed by atoms with Crippen LogP contribution >= 0.6 is 0 Å². The van der Waals surface area contributed by atoms with Gasteiger partial charge in [0.25, 0.3) is 0 Å². The number of pyridine rings is 1. The van der Waals surface area contributed by atoms with E-state index in [1.54, 1.807) is 24.7 Å². The number of imidazole rings is 1. The van der Waals surface area contributed by atoms with Gasteiger partial charge in [0, 0.05) is 19.2 Å². The van der Waals surface area contributed by atoms with Gasteiger partial charge >= 0.3 is 6.18 Å². The van der Waals surface area contributed by atoms with Gasteiger partial charge in [-0.2, -0.15) is 13.2 Å². The van der Waals surface area contributed by atoms with Crippen LogP contribution in [0.15, 0.2) is 67.1 Å². The summed E-state index contributed by atoms with van der Waals surface area (Å²) in [5.41, 5.74) is 3.43. The Morgan fingerprint density at radius 2 is 1.83 bits per heavy atom. The molecule has 2 aromatic heterocycles. The van der Waals surface area contributed by atoms with Crippen molar-refractivity contribution in [2.24, 2.45) is 0 Å². The van der Waals surface area contributed by atoms with E-state index in [4.69, 9.17) is 9.47 Å². The molecule has 4 aromatic rings. The molecule has 1 N–H and O–H groups in total. The monoisotopic (exact) mass is 484 g/mol. The first-order valence-corrected chi connectivity index (χ1v) is 10.8. The number of methoxy groups -OCH3 is 1. The molecule has 0 aliphatic heterocycles. The average Bonchev–Trinajstić information content (AvgIpc) is 3.29. The number of carbonyl (C=O) groups excluding carboxylic acids is 1. The molecule has 4 rings (SSSR count). The highest BCUT2D eigenvalue weighted by molar-refractivity contribution is 5.77. The molecule has 7 nitrogen and oxygen atoms in total. The minimum atomic E-state index is -4.44. The predicted octanol–water partition coefficient (Wildman–Crippen LogP) is 4.62. The predicted molar refractivity (Wildman–Crippen MR) is 124 cm³/mol. The summed E-state index contributed by atoms with van der Waals surface area (Å²) in [6.07, 6.45) is -0.413. The number of nitrogens with one attached hydrogen (secondary N) is 1. The molecule has 0 saturated carbocycles. The van der Waals surface area contributed by atoms with E-state index in [0.29, 0.717) is 13.0 Å². The molecule has 0 radical (unpaired) electrons. The van der Waals surface area contributed by atoms with E-state index in [0.717, 1.165) is 28.0 Å². The van der Waals surface area contributed by atoms with Crippen LogP contribution in [0.4, 0.5) is 13.2 Å². The number of carbonyl (C=O) groups is 1. The van der Waals surface area contributed by atoms with Crippen LogP contribution in [0.2, 0.25) is 0 Å². The summed E-state index contributed by atoms with van der Waals surface area (Å²) in [7, 11) is 1.35. The Morgan fingerprint density at radius 3 is 2.57 bits per heavy atom. The Balaban J connectivity index is 1.28. The summed E-state index contributed by atoms with van der Waals surface area (Å²) in [4.78, 5) is 21.1. The van der Waals surface area contributed by atoms with Crippen LogP contribution in [0.5, 0.6) is 11.5 Å². The molecular formula is C25H23F3N4O3. The Hall–Kier alpha value is -4.08.